The molecule has 0 spiro atoms. The van der Waals surface area contributed by atoms with Gasteiger partial charge >= 0.3 is 0 Å². The summed E-state index contributed by atoms with van der Waals surface area (Å²) in [6.45, 7) is 8.82. The van der Waals surface area contributed by atoms with Crippen LogP contribution < -0.4 is 9.80 Å². The molecule has 0 saturated heterocycles. The molecule has 6 heteroatoms. The number of aromatic nitrogens is 2. The van der Waals surface area contributed by atoms with Crippen molar-refractivity contribution in [1.82, 2.24) is 8.80 Å². The second-order valence-corrected chi connectivity index (χ2v) is 18.5. The molecule has 9 aromatic carbocycles. The van der Waals surface area contributed by atoms with Gasteiger partial charge in [-0.1, -0.05) is 88.4 Å². The van der Waals surface area contributed by atoms with Crippen LogP contribution in [0.25, 0.3) is 76.2 Å². The molecule has 4 nitrogen and oxygen atoms in total. The predicted octanol–water partition coefficient (Wildman–Crippen LogP) is 17.5. The van der Waals surface area contributed by atoms with Crippen molar-refractivity contribution in [3.05, 3.63) is 205 Å². The first-order valence-electron chi connectivity index (χ1n) is 22.9. The summed E-state index contributed by atoms with van der Waals surface area (Å²) in [6, 6.07) is 62.6. The van der Waals surface area contributed by atoms with Crippen molar-refractivity contribution in [3.8, 4) is 0 Å². The maximum Gasteiger partial charge on any atom is 0.123 e. The first-order chi connectivity index (χ1) is 32.2. The normalized spacial score (nSPS) is 12.4. The van der Waals surface area contributed by atoms with E-state index in [9.17, 15) is 8.78 Å². The standard InChI is InChI=1S/C60H44F2N4/c1-35(2)37-11-19-41(20-12-37)63(43-23-15-39(61)16-24-43)45-27-29-55-51(31-45)47-7-5-9-49-53-34-58-54(33-57(53)65(55)59(47)49)50-10-6-8-48-52-32-46(28-30-56(52)66(58)60(48)50)64(44-25-17-40(62)18-26-44)42-21-13-38(14-22-42)36(3)4/h5-36H,1-4H3. The van der Waals surface area contributed by atoms with Gasteiger partial charge in [-0.2, -0.15) is 0 Å². The minimum absolute atomic E-state index is 0.257. The van der Waals surface area contributed by atoms with Gasteiger partial charge in [-0.3, -0.25) is 0 Å². The molecule has 0 N–H and O–H groups in total. The van der Waals surface area contributed by atoms with Crippen LogP contribution in [0.4, 0.5) is 42.9 Å². The van der Waals surface area contributed by atoms with Gasteiger partial charge in [0.05, 0.1) is 33.1 Å². The summed E-state index contributed by atoms with van der Waals surface area (Å²) in [5, 5.41) is 9.58. The first-order valence-corrected chi connectivity index (χ1v) is 22.9. The van der Waals surface area contributed by atoms with Crippen molar-refractivity contribution in [1.29, 1.82) is 0 Å². The number of halogens is 2. The van der Waals surface area contributed by atoms with Crippen molar-refractivity contribution < 1.29 is 8.78 Å². The number of rotatable bonds is 8. The molecule has 318 valence electrons. The van der Waals surface area contributed by atoms with Gasteiger partial charge in [0.15, 0.2) is 0 Å². The van der Waals surface area contributed by atoms with Gasteiger partial charge < -0.3 is 18.6 Å². The van der Waals surface area contributed by atoms with Gasteiger partial charge in [0.1, 0.15) is 11.6 Å². The highest BCUT2D eigenvalue weighted by atomic mass is 19.1. The van der Waals surface area contributed by atoms with E-state index >= 15 is 0 Å². The maximum absolute atomic E-state index is 14.3. The fourth-order valence-electron chi connectivity index (χ4n) is 10.8. The van der Waals surface area contributed by atoms with Crippen LogP contribution in [0.2, 0.25) is 0 Å². The molecule has 0 bridgehead atoms. The van der Waals surface area contributed by atoms with Crippen LogP contribution in [0.5, 0.6) is 0 Å². The van der Waals surface area contributed by atoms with E-state index in [1.165, 1.54) is 101 Å². The topological polar surface area (TPSA) is 15.3 Å². The summed E-state index contributed by atoms with van der Waals surface area (Å²) in [5.41, 5.74) is 15.5. The highest BCUT2D eigenvalue weighted by Crippen LogP contribution is 2.47. The van der Waals surface area contributed by atoms with Crippen molar-refractivity contribution in [2.45, 2.75) is 39.5 Å². The molecule has 4 aromatic heterocycles. The van der Waals surface area contributed by atoms with E-state index in [4.69, 9.17) is 0 Å². The third kappa shape index (κ3) is 5.60. The predicted molar refractivity (Wildman–Crippen MR) is 273 cm³/mol. The summed E-state index contributed by atoms with van der Waals surface area (Å²) >= 11 is 0. The van der Waals surface area contributed by atoms with E-state index in [2.05, 4.69) is 180 Å². The lowest BCUT2D eigenvalue weighted by Crippen LogP contribution is -2.10. The van der Waals surface area contributed by atoms with E-state index < -0.39 is 0 Å². The Kier molecular flexibility index (Phi) is 8.32. The first kappa shape index (κ1) is 38.5. The van der Waals surface area contributed by atoms with Gasteiger partial charge in [0.25, 0.3) is 0 Å². The van der Waals surface area contributed by atoms with Gasteiger partial charge in [0.2, 0.25) is 0 Å². The zero-order valence-electron chi connectivity index (χ0n) is 37.0. The number of hydrogen-bond acceptors (Lipinski definition) is 2. The average Bonchev–Trinajstić information content (AvgIpc) is 4.06. The lowest BCUT2D eigenvalue weighted by Gasteiger charge is -2.26. The van der Waals surface area contributed by atoms with Crippen LogP contribution in [-0.4, -0.2) is 8.80 Å². The number of para-hydroxylation sites is 2. The number of anilines is 6. The quantitative estimate of drug-likeness (QED) is 0.151. The molecule has 0 radical (unpaired) electrons. The second-order valence-electron chi connectivity index (χ2n) is 18.5. The fourth-order valence-corrected chi connectivity index (χ4v) is 10.8. The highest BCUT2D eigenvalue weighted by molar-refractivity contribution is 6.29. The zero-order chi connectivity index (χ0) is 44.5. The molecule has 0 amide bonds. The zero-order valence-corrected chi connectivity index (χ0v) is 37.0. The minimum atomic E-state index is -0.257. The third-order valence-corrected chi connectivity index (χ3v) is 14.0. The maximum atomic E-state index is 14.3. The Labute approximate surface area is 380 Å². The SMILES string of the molecule is CC(C)c1ccc(N(c2ccc(F)cc2)c2ccc3c(c2)c2cccc4c5cc6c(cc5n3c24)c2cccc3c4cc(N(c5ccc(F)cc5)c5ccc(C(C)C)cc5)ccc4n6c32)cc1. The van der Waals surface area contributed by atoms with Crippen molar-refractivity contribution in [2.75, 3.05) is 9.80 Å². The second kappa shape index (κ2) is 14.3. The summed E-state index contributed by atoms with van der Waals surface area (Å²) in [5.74, 6) is 0.320. The summed E-state index contributed by atoms with van der Waals surface area (Å²) < 4.78 is 33.5. The number of nitrogens with zero attached hydrogens (tertiary/aromatic N) is 4. The van der Waals surface area contributed by atoms with E-state index in [1.807, 2.05) is 24.3 Å². The Balaban J connectivity index is 0.993. The molecule has 13 rings (SSSR count). The van der Waals surface area contributed by atoms with Crippen LogP contribution in [0.1, 0.15) is 50.7 Å². The van der Waals surface area contributed by atoms with Crippen LogP contribution in [0.3, 0.4) is 0 Å². The fraction of sp³-hybridized carbons (Fsp3) is 0.100. The summed E-state index contributed by atoms with van der Waals surface area (Å²) in [4.78, 5) is 4.44. The third-order valence-electron chi connectivity index (χ3n) is 14.0. The molecule has 0 aliphatic heterocycles. The molecular weight excluding hydrogens is 815 g/mol. The molecule has 4 heterocycles. The average molecular weight is 859 g/mol. The molecular formula is C60H44F2N4. The van der Waals surface area contributed by atoms with Crippen molar-refractivity contribution >= 4 is 110 Å². The molecule has 0 unspecified atom stereocenters. The number of benzene rings is 9. The molecule has 0 atom stereocenters. The molecule has 0 aliphatic carbocycles. The Morgan fingerprint density at radius 3 is 0.955 bits per heavy atom. The summed E-state index contributed by atoms with van der Waals surface area (Å²) in [6.07, 6.45) is 0. The van der Waals surface area contributed by atoms with Gasteiger partial charge in [-0.15, -0.1) is 0 Å². The van der Waals surface area contributed by atoms with Crippen molar-refractivity contribution in [3.63, 3.8) is 0 Å². The van der Waals surface area contributed by atoms with Gasteiger partial charge in [0, 0.05) is 77.2 Å². The summed E-state index contributed by atoms with van der Waals surface area (Å²) in [7, 11) is 0. The molecule has 0 fully saturated rings. The molecule has 13 aromatic rings. The lowest BCUT2D eigenvalue weighted by atomic mass is 10.0. The smallest absolute Gasteiger partial charge is 0.123 e. The van der Waals surface area contributed by atoms with Crippen LogP contribution in [0.15, 0.2) is 182 Å². The van der Waals surface area contributed by atoms with Gasteiger partial charge in [-0.25, -0.2) is 8.78 Å². The lowest BCUT2D eigenvalue weighted by molar-refractivity contribution is 0.627. The Morgan fingerprint density at radius 2 is 0.621 bits per heavy atom. The van der Waals surface area contributed by atoms with E-state index in [1.54, 1.807) is 0 Å². The highest BCUT2D eigenvalue weighted by Gasteiger charge is 2.24. The van der Waals surface area contributed by atoms with Gasteiger partial charge in [-0.05, 0) is 144 Å². The molecule has 0 saturated carbocycles. The van der Waals surface area contributed by atoms with Crippen LogP contribution >= 0.6 is 0 Å². The monoisotopic (exact) mass is 858 g/mol. The molecule has 66 heavy (non-hydrogen) atoms. The van der Waals surface area contributed by atoms with E-state index in [0.717, 1.165) is 45.2 Å². The Hall–Kier alpha value is -7.96. The number of fused-ring (bicyclic) bond motifs is 12. The van der Waals surface area contributed by atoms with Crippen molar-refractivity contribution in [2.24, 2.45) is 0 Å². The number of hydrogen-bond donors (Lipinski definition) is 0. The molecule has 0 aliphatic rings. The Morgan fingerprint density at radius 1 is 0.318 bits per heavy atom. The van der Waals surface area contributed by atoms with Crippen LogP contribution in [-0.2, 0) is 0 Å². The van der Waals surface area contributed by atoms with E-state index in [-0.39, 0.29) is 11.6 Å². The van der Waals surface area contributed by atoms with E-state index in [0.29, 0.717) is 11.8 Å². The minimum Gasteiger partial charge on any atom is -0.310 e. The largest absolute Gasteiger partial charge is 0.310 e. The Bertz CT molecular complexity index is 3730. The van der Waals surface area contributed by atoms with Crippen LogP contribution in [0, 0.1) is 11.6 Å².